The van der Waals surface area contributed by atoms with Gasteiger partial charge in [0.2, 0.25) is 0 Å². The summed E-state index contributed by atoms with van der Waals surface area (Å²) in [7, 11) is 0. The van der Waals surface area contributed by atoms with Crippen molar-refractivity contribution < 1.29 is 9.18 Å². The van der Waals surface area contributed by atoms with Gasteiger partial charge in [0.25, 0.3) is 0 Å². The number of nitrogens with zero attached hydrogens (tertiary/aromatic N) is 1. The third kappa shape index (κ3) is 1.55. The lowest BCUT2D eigenvalue weighted by molar-refractivity contribution is 0.101. The molecule has 3 heteroatoms. The first-order valence-electron chi connectivity index (χ1n) is 3.89. The number of alkyl halides is 1. The number of ketones is 1. The number of hydrogen-bond donors (Lipinski definition) is 0. The molecular formula is C9H12FNO. The summed E-state index contributed by atoms with van der Waals surface area (Å²) in [5.41, 5.74) is 1.53. The molecule has 1 aromatic rings. The number of carbonyl (C=O) groups excluding carboxylic acids is 1. The van der Waals surface area contributed by atoms with Crippen LogP contribution in [-0.2, 0) is 6.54 Å². The minimum Gasteiger partial charge on any atom is -0.348 e. The molecule has 1 rings (SSSR count). The van der Waals surface area contributed by atoms with E-state index in [-0.39, 0.29) is 5.78 Å². The molecule has 0 aromatic carbocycles. The van der Waals surface area contributed by atoms with E-state index in [4.69, 9.17) is 0 Å². The molecule has 0 radical (unpaired) electrons. The SMILES string of the molecule is CC(=O)c1ccn(CCF)c1C. The molecular weight excluding hydrogens is 157 g/mol. The largest absolute Gasteiger partial charge is 0.348 e. The van der Waals surface area contributed by atoms with Crippen LogP contribution in [0.5, 0.6) is 0 Å². The zero-order valence-corrected chi connectivity index (χ0v) is 7.30. The topological polar surface area (TPSA) is 22.0 Å². The van der Waals surface area contributed by atoms with Gasteiger partial charge in [0.15, 0.2) is 5.78 Å². The Morgan fingerprint density at radius 3 is 2.75 bits per heavy atom. The molecule has 0 aliphatic carbocycles. The van der Waals surface area contributed by atoms with Gasteiger partial charge in [-0.3, -0.25) is 4.79 Å². The van der Waals surface area contributed by atoms with Gasteiger partial charge in [0.05, 0.1) is 6.54 Å². The monoisotopic (exact) mass is 169 g/mol. The average molecular weight is 169 g/mol. The second-order valence-electron chi connectivity index (χ2n) is 2.75. The van der Waals surface area contributed by atoms with Crippen molar-refractivity contribution in [1.29, 1.82) is 0 Å². The number of halogens is 1. The predicted octanol–water partition coefficient (Wildman–Crippen LogP) is 1.97. The van der Waals surface area contributed by atoms with Crippen LogP contribution in [0.2, 0.25) is 0 Å². The smallest absolute Gasteiger partial charge is 0.161 e. The van der Waals surface area contributed by atoms with E-state index >= 15 is 0 Å². The molecule has 1 aromatic heterocycles. The molecule has 0 N–H and O–H groups in total. The third-order valence-electron chi connectivity index (χ3n) is 1.95. The standard InChI is InChI=1S/C9H12FNO/c1-7-9(8(2)12)3-5-11(7)6-4-10/h3,5H,4,6H2,1-2H3. The summed E-state index contributed by atoms with van der Waals surface area (Å²) in [6.45, 7) is 3.28. The summed E-state index contributed by atoms with van der Waals surface area (Å²) in [4.78, 5) is 11.0. The van der Waals surface area contributed by atoms with Crippen molar-refractivity contribution in [1.82, 2.24) is 4.57 Å². The number of aromatic nitrogens is 1. The van der Waals surface area contributed by atoms with Crippen molar-refractivity contribution in [3.8, 4) is 0 Å². The lowest BCUT2D eigenvalue weighted by atomic mass is 10.2. The first-order valence-corrected chi connectivity index (χ1v) is 3.89. The maximum absolute atomic E-state index is 12.0. The zero-order valence-electron chi connectivity index (χ0n) is 7.30. The lowest BCUT2D eigenvalue weighted by Gasteiger charge is -2.02. The van der Waals surface area contributed by atoms with Gasteiger partial charge in [-0.2, -0.15) is 0 Å². The Bertz CT molecular complexity index is 291. The molecule has 0 saturated heterocycles. The van der Waals surface area contributed by atoms with E-state index in [0.717, 1.165) is 5.69 Å². The molecule has 0 aliphatic rings. The quantitative estimate of drug-likeness (QED) is 0.634. The maximum atomic E-state index is 12.0. The molecule has 0 atom stereocenters. The van der Waals surface area contributed by atoms with E-state index in [1.807, 2.05) is 6.92 Å². The van der Waals surface area contributed by atoms with Crippen molar-refractivity contribution >= 4 is 5.78 Å². The van der Waals surface area contributed by atoms with Crippen LogP contribution in [0.25, 0.3) is 0 Å². The Labute approximate surface area is 71.0 Å². The fraction of sp³-hybridized carbons (Fsp3) is 0.444. The van der Waals surface area contributed by atoms with Crippen molar-refractivity contribution in [2.75, 3.05) is 6.67 Å². The molecule has 0 spiro atoms. The van der Waals surface area contributed by atoms with E-state index in [9.17, 15) is 9.18 Å². The molecule has 1 heterocycles. The van der Waals surface area contributed by atoms with Crippen LogP contribution in [0.1, 0.15) is 23.0 Å². The molecule has 0 aliphatic heterocycles. The minimum absolute atomic E-state index is 0.0325. The van der Waals surface area contributed by atoms with E-state index < -0.39 is 6.67 Å². The van der Waals surface area contributed by atoms with Gasteiger partial charge in [0, 0.05) is 17.5 Å². The Morgan fingerprint density at radius 2 is 2.33 bits per heavy atom. The maximum Gasteiger partial charge on any atom is 0.161 e. The first kappa shape index (κ1) is 8.97. The molecule has 2 nitrogen and oxygen atoms in total. The highest BCUT2D eigenvalue weighted by Crippen LogP contribution is 2.10. The van der Waals surface area contributed by atoms with Crippen LogP contribution < -0.4 is 0 Å². The van der Waals surface area contributed by atoms with Crippen LogP contribution >= 0.6 is 0 Å². The fourth-order valence-electron chi connectivity index (χ4n) is 1.26. The van der Waals surface area contributed by atoms with Crippen molar-refractivity contribution in [3.63, 3.8) is 0 Å². The molecule has 0 bridgehead atoms. The van der Waals surface area contributed by atoms with Gasteiger partial charge in [-0.25, -0.2) is 4.39 Å². The van der Waals surface area contributed by atoms with E-state index in [2.05, 4.69) is 0 Å². The highest BCUT2D eigenvalue weighted by atomic mass is 19.1. The number of Topliss-reactive ketones (excluding diaryl/α,β-unsaturated/α-hetero) is 1. The van der Waals surface area contributed by atoms with Crippen LogP contribution in [-0.4, -0.2) is 17.0 Å². The van der Waals surface area contributed by atoms with Crippen LogP contribution in [0.15, 0.2) is 12.3 Å². The highest BCUT2D eigenvalue weighted by molar-refractivity contribution is 5.95. The average Bonchev–Trinajstić information content (AvgIpc) is 2.34. The van der Waals surface area contributed by atoms with Crippen molar-refractivity contribution in [3.05, 3.63) is 23.5 Å². The zero-order chi connectivity index (χ0) is 9.14. The van der Waals surface area contributed by atoms with Gasteiger partial charge in [-0.15, -0.1) is 0 Å². The van der Waals surface area contributed by atoms with Gasteiger partial charge < -0.3 is 4.57 Å². The molecule has 0 saturated carbocycles. The third-order valence-corrected chi connectivity index (χ3v) is 1.95. The highest BCUT2D eigenvalue weighted by Gasteiger charge is 2.07. The summed E-state index contributed by atoms with van der Waals surface area (Å²) >= 11 is 0. The number of carbonyl (C=O) groups is 1. The Kier molecular flexibility index (Phi) is 2.63. The summed E-state index contributed by atoms with van der Waals surface area (Å²) in [5.74, 6) is 0.0325. The first-order chi connectivity index (χ1) is 5.66. The summed E-state index contributed by atoms with van der Waals surface area (Å²) in [6.07, 6.45) is 1.74. The van der Waals surface area contributed by atoms with Crippen molar-refractivity contribution in [2.45, 2.75) is 20.4 Å². The Hall–Kier alpha value is -1.12. The lowest BCUT2D eigenvalue weighted by Crippen LogP contribution is -2.02. The summed E-state index contributed by atoms with van der Waals surface area (Å²) < 4.78 is 13.7. The molecule has 0 fully saturated rings. The van der Waals surface area contributed by atoms with Gasteiger partial charge >= 0.3 is 0 Å². The summed E-state index contributed by atoms with van der Waals surface area (Å²) in [6, 6.07) is 1.73. The van der Waals surface area contributed by atoms with Crippen LogP contribution in [0.3, 0.4) is 0 Å². The molecule has 12 heavy (non-hydrogen) atoms. The van der Waals surface area contributed by atoms with Crippen LogP contribution in [0.4, 0.5) is 4.39 Å². The van der Waals surface area contributed by atoms with Crippen molar-refractivity contribution in [2.24, 2.45) is 0 Å². The number of rotatable bonds is 3. The van der Waals surface area contributed by atoms with Crippen LogP contribution in [0, 0.1) is 6.92 Å². The second kappa shape index (κ2) is 3.52. The fourth-order valence-corrected chi connectivity index (χ4v) is 1.26. The molecule has 0 amide bonds. The number of aryl methyl sites for hydroxylation is 1. The minimum atomic E-state index is -0.396. The molecule has 0 unspecified atom stereocenters. The Morgan fingerprint density at radius 1 is 1.67 bits per heavy atom. The number of hydrogen-bond acceptors (Lipinski definition) is 1. The van der Waals surface area contributed by atoms with Gasteiger partial charge in [0.1, 0.15) is 6.67 Å². The van der Waals surface area contributed by atoms with E-state index in [1.54, 1.807) is 16.8 Å². The molecule has 66 valence electrons. The normalized spacial score (nSPS) is 10.2. The van der Waals surface area contributed by atoms with E-state index in [0.29, 0.717) is 12.1 Å². The summed E-state index contributed by atoms with van der Waals surface area (Å²) in [5, 5.41) is 0. The Balaban J connectivity index is 2.96. The predicted molar refractivity (Wildman–Crippen MR) is 45.1 cm³/mol. The van der Waals surface area contributed by atoms with Gasteiger partial charge in [-0.1, -0.05) is 0 Å². The second-order valence-corrected chi connectivity index (χ2v) is 2.75. The van der Waals surface area contributed by atoms with Gasteiger partial charge in [-0.05, 0) is 19.9 Å². The van der Waals surface area contributed by atoms with E-state index in [1.165, 1.54) is 6.92 Å².